The fourth-order valence-electron chi connectivity index (χ4n) is 1.04. The van der Waals surface area contributed by atoms with Gasteiger partial charge >= 0.3 is 0 Å². The van der Waals surface area contributed by atoms with Gasteiger partial charge in [-0.1, -0.05) is 15.9 Å². The Morgan fingerprint density at radius 1 is 1.46 bits per heavy atom. The van der Waals surface area contributed by atoms with Crippen LogP contribution in [0.3, 0.4) is 0 Å². The van der Waals surface area contributed by atoms with Gasteiger partial charge in [0.2, 0.25) is 5.91 Å². The highest BCUT2D eigenvalue weighted by Crippen LogP contribution is 2.07. The van der Waals surface area contributed by atoms with Gasteiger partial charge in [-0.25, -0.2) is 0 Å². The van der Waals surface area contributed by atoms with E-state index in [9.17, 15) is 4.79 Å². The van der Waals surface area contributed by atoms with Crippen LogP contribution >= 0.6 is 15.9 Å². The third-order valence-corrected chi connectivity index (χ3v) is 2.17. The lowest BCUT2D eigenvalue weighted by atomic mass is 10.3. The van der Waals surface area contributed by atoms with E-state index in [1.54, 1.807) is 7.11 Å². The van der Waals surface area contributed by atoms with Crippen molar-refractivity contribution in [3.05, 3.63) is 0 Å². The van der Waals surface area contributed by atoms with Crippen molar-refractivity contribution in [2.45, 2.75) is 31.6 Å². The van der Waals surface area contributed by atoms with Gasteiger partial charge in [0.15, 0.2) is 0 Å². The van der Waals surface area contributed by atoms with E-state index in [0.717, 1.165) is 0 Å². The number of rotatable bonds is 5. The van der Waals surface area contributed by atoms with Crippen LogP contribution < -0.4 is 0 Å². The van der Waals surface area contributed by atoms with E-state index < -0.39 is 0 Å². The maximum absolute atomic E-state index is 11.6. The molecule has 0 aromatic rings. The Morgan fingerprint density at radius 2 is 2.00 bits per heavy atom. The number of hydrogen-bond acceptors (Lipinski definition) is 2. The first kappa shape index (κ1) is 12.9. The predicted molar refractivity (Wildman–Crippen MR) is 57.1 cm³/mol. The zero-order valence-electron chi connectivity index (χ0n) is 8.71. The van der Waals surface area contributed by atoms with Crippen molar-refractivity contribution in [3.8, 4) is 0 Å². The zero-order chi connectivity index (χ0) is 10.4. The number of alkyl halides is 1. The zero-order valence-corrected chi connectivity index (χ0v) is 10.3. The molecule has 0 radical (unpaired) electrons. The van der Waals surface area contributed by atoms with E-state index in [1.165, 1.54) is 0 Å². The van der Waals surface area contributed by atoms with Gasteiger partial charge in [0.05, 0.1) is 11.4 Å². The van der Waals surface area contributed by atoms with Crippen LogP contribution in [0.25, 0.3) is 0 Å². The predicted octanol–water partition coefficient (Wildman–Crippen LogP) is 1.65. The molecule has 1 amide bonds. The highest BCUT2D eigenvalue weighted by molar-refractivity contribution is 9.10. The average Bonchev–Trinajstić information content (AvgIpc) is 2.04. The van der Waals surface area contributed by atoms with Gasteiger partial charge in [0.25, 0.3) is 0 Å². The molecule has 3 nitrogen and oxygen atoms in total. The highest BCUT2D eigenvalue weighted by atomic mass is 79.9. The van der Waals surface area contributed by atoms with Crippen LogP contribution in [0.5, 0.6) is 0 Å². The molecule has 0 aromatic carbocycles. The molecule has 0 heterocycles. The molecular weight excluding hydrogens is 234 g/mol. The summed E-state index contributed by atoms with van der Waals surface area (Å²) in [6.07, 6.45) is 0. The smallest absolute Gasteiger partial charge is 0.236 e. The molecule has 0 bridgehead atoms. The second-order valence-electron chi connectivity index (χ2n) is 3.23. The number of carbonyl (C=O) groups excluding carboxylic acids is 1. The summed E-state index contributed by atoms with van der Waals surface area (Å²) in [5, 5.41) is 0. The Morgan fingerprint density at radius 3 is 2.31 bits per heavy atom. The van der Waals surface area contributed by atoms with Crippen LogP contribution in [0.4, 0.5) is 0 Å². The van der Waals surface area contributed by atoms with Crippen LogP contribution in [0, 0.1) is 0 Å². The lowest BCUT2D eigenvalue weighted by molar-refractivity contribution is -0.132. The first-order chi connectivity index (χ1) is 6.00. The largest absolute Gasteiger partial charge is 0.383 e. The quantitative estimate of drug-likeness (QED) is 0.696. The second-order valence-corrected chi connectivity index (χ2v) is 4.61. The number of hydrogen-bond donors (Lipinski definition) is 0. The van der Waals surface area contributed by atoms with E-state index in [2.05, 4.69) is 15.9 Å². The topological polar surface area (TPSA) is 29.5 Å². The molecule has 13 heavy (non-hydrogen) atoms. The number of nitrogens with zero attached hydrogens (tertiary/aromatic N) is 1. The number of carbonyl (C=O) groups is 1. The normalized spacial score (nSPS) is 13.1. The molecule has 1 unspecified atom stereocenters. The van der Waals surface area contributed by atoms with Crippen molar-refractivity contribution in [1.29, 1.82) is 0 Å². The van der Waals surface area contributed by atoms with E-state index in [-0.39, 0.29) is 16.8 Å². The molecule has 0 saturated carbocycles. The Bertz CT molecular complexity index is 160. The molecule has 0 saturated heterocycles. The Kier molecular flexibility index (Phi) is 6.33. The van der Waals surface area contributed by atoms with Crippen LogP contribution in [-0.4, -0.2) is 41.9 Å². The Labute approximate surface area is 88.6 Å². The number of methoxy groups -OCH3 is 1. The average molecular weight is 252 g/mol. The van der Waals surface area contributed by atoms with E-state index in [4.69, 9.17) is 4.74 Å². The summed E-state index contributed by atoms with van der Waals surface area (Å²) in [7, 11) is 1.64. The van der Waals surface area contributed by atoms with Crippen LogP contribution in [0.15, 0.2) is 0 Å². The summed E-state index contributed by atoms with van der Waals surface area (Å²) in [6.45, 7) is 7.09. The summed E-state index contributed by atoms with van der Waals surface area (Å²) < 4.78 is 4.94. The van der Waals surface area contributed by atoms with Crippen molar-refractivity contribution in [2.24, 2.45) is 0 Å². The molecular formula is C9H18BrNO2. The maximum Gasteiger partial charge on any atom is 0.236 e. The fraction of sp³-hybridized carbons (Fsp3) is 0.889. The molecule has 0 spiro atoms. The molecule has 0 rings (SSSR count). The van der Waals surface area contributed by atoms with Crippen molar-refractivity contribution < 1.29 is 9.53 Å². The summed E-state index contributed by atoms with van der Waals surface area (Å²) >= 11 is 3.27. The third-order valence-electron chi connectivity index (χ3n) is 1.78. The number of amides is 1. The van der Waals surface area contributed by atoms with Gasteiger partial charge in [0, 0.05) is 19.7 Å². The van der Waals surface area contributed by atoms with Crippen molar-refractivity contribution >= 4 is 21.8 Å². The van der Waals surface area contributed by atoms with Crippen LogP contribution in [0.2, 0.25) is 0 Å². The summed E-state index contributed by atoms with van der Waals surface area (Å²) in [5.74, 6) is 0.118. The van der Waals surface area contributed by atoms with Gasteiger partial charge in [-0.2, -0.15) is 0 Å². The van der Waals surface area contributed by atoms with Gasteiger partial charge in [0.1, 0.15) is 0 Å². The minimum absolute atomic E-state index is 0.118. The molecule has 0 aliphatic carbocycles. The number of halogens is 1. The van der Waals surface area contributed by atoms with Gasteiger partial charge in [-0.05, 0) is 20.8 Å². The van der Waals surface area contributed by atoms with E-state index >= 15 is 0 Å². The van der Waals surface area contributed by atoms with Gasteiger partial charge in [-0.3, -0.25) is 4.79 Å². The molecule has 0 aliphatic rings. The molecule has 0 aliphatic heterocycles. The van der Waals surface area contributed by atoms with Crippen LogP contribution in [0.1, 0.15) is 20.8 Å². The van der Waals surface area contributed by atoms with Crippen molar-refractivity contribution in [2.75, 3.05) is 20.3 Å². The maximum atomic E-state index is 11.6. The molecule has 1 atom stereocenters. The van der Waals surface area contributed by atoms with E-state index in [1.807, 2.05) is 25.7 Å². The first-order valence-corrected chi connectivity index (χ1v) is 5.35. The summed E-state index contributed by atoms with van der Waals surface area (Å²) in [5.41, 5.74) is 0. The van der Waals surface area contributed by atoms with Crippen molar-refractivity contribution in [1.82, 2.24) is 4.90 Å². The van der Waals surface area contributed by atoms with E-state index in [0.29, 0.717) is 13.2 Å². The minimum Gasteiger partial charge on any atom is -0.383 e. The molecule has 4 heteroatoms. The first-order valence-electron chi connectivity index (χ1n) is 4.44. The minimum atomic E-state index is -0.119. The third kappa shape index (κ3) is 4.62. The monoisotopic (exact) mass is 251 g/mol. The Hall–Kier alpha value is -0.0900. The lowest BCUT2D eigenvalue weighted by Gasteiger charge is -2.27. The lowest BCUT2D eigenvalue weighted by Crippen LogP contribution is -2.42. The molecule has 78 valence electrons. The molecule has 0 fully saturated rings. The van der Waals surface area contributed by atoms with Gasteiger partial charge < -0.3 is 9.64 Å². The Balaban J connectivity index is 4.16. The summed E-state index contributed by atoms with van der Waals surface area (Å²) in [6, 6.07) is 0.225. The SMILES string of the molecule is COCCN(C(=O)C(C)Br)C(C)C. The molecule has 0 aromatic heterocycles. The standard InChI is InChI=1S/C9H18BrNO2/c1-7(2)11(5-6-13-4)9(12)8(3)10/h7-8H,5-6H2,1-4H3. The summed E-state index contributed by atoms with van der Waals surface area (Å²) in [4.78, 5) is 13.3. The van der Waals surface area contributed by atoms with Gasteiger partial charge in [-0.15, -0.1) is 0 Å². The second kappa shape index (κ2) is 6.38. The van der Waals surface area contributed by atoms with Crippen LogP contribution in [-0.2, 0) is 9.53 Å². The number of ether oxygens (including phenoxy) is 1. The van der Waals surface area contributed by atoms with Crippen molar-refractivity contribution in [3.63, 3.8) is 0 Å². The molecule has 0 N–H and O–H groups in total. The highest BCUT2D eigenvalue weighted by Gasteiger charge is 2.19. The fourth-order valence-corrected chi connectivity index (χ4v) is 1.30.